The molecular weight excluding hydrogens is 429 g/mol. The number of aromatic nitrogens is 2. The molecule has 0 amide bonds. The molecule has 2 aromatic rings. The molecule has 1 atom stereocenters. The molecule has 0 aromatic carbocycles. The number of hydrogen-bond acceptors (Lipinski definition) is 6. The summed E-state index contributed by atoms with van der Waals surface area (Å²) in [6, 6.07) is 3.15. The lowest BCUT2D eigenvalue weighted by Gasteiger charge is -2.40. The number of nitrogens with zero attached hydrogens (tertiary/aromatic N) is 2. The first-order valence-electron chi connectivity index (χ1n) is 8.46. The Bertz CT molecular complexity index is 839. The summed E-state index contributed by atoms with van der Waals surface area (Å²) in [4.78, 5) is 25.2. The second-order valence-corrected chi connectivity index (χ2v) is 7.87. The average molecular weight is 445 g/mol. The maximum absolute atomic E-state index is 14.7. The summed E-state index contributed by atoms with van der Waals surface area (Å²) < 4.78 is 20.4. The lowest BCUT2D eigenvalue weighted by atomic mass is 9.65. The number of carbonyl (C=O) groups is 1. The van der Waals surface area contributed by atoms with Crippen LogP contribution in [0, 0.1) is 23.6 Å². The van der Waals surface area contributed by atoms with Crippen LogP contribution in [0.3, 0.4) is 0 Å². The minimum atomic E-state index is -0.811. The van der Waals surface area contributed by atoms with Gasteiger partial charge in [-0.15, -0.1) is 0 Å². The van der Waals surface area contributed by atoms with Crippen LogP contribution >= 0.6 is 27.5 Å². The maximum atomic E-state index is 14.7. The molecular formula is C17H16BrClFN3O3. The Morgan fingerprint density at radius 3 is 2.69 bits per heavy atom. The second kappa shape index (κ2) is 7.15. The third-order valence-corrected chi connectivity index (χ3v) is 5.82. The zero-order chi connectivity index (χ0) is 18.3. The van der Waals surface area contributed by atoms with Gasteiger partial charge in [-0.3, -0.25) is 0 Å². The van der Waals surface area contributed by atoms with Crippen molar-refractivity contribution >= 4 is 39.3 Å². The number of carbonyl (C=O) groups excluding carboxylic acids is 1. The third-order valence-electron chi connectivity index (χ3n) is 5.23. The molecule has 6 nitrogen and oxygen atoms in total. The fraction of sp³-hybridized carbons (Fsp3) is 0.471. The van der Waals surface area contributed by atoms with Crippen molar-refractivity contribution in [1.82, 2.24) is 9.97 Å². The Morgan fingerprint density at radius 1 is 1.31 bits per heavy atom. The molecule has 2 bridgehead atoms. The maximum Gasteiger partial charge on any atom is 0.335 e. The number of rotatable bonds is 4. The van der Waals surface area contributed by atoms with E-state index < -0.39 is 5.82 Å². The molecule has 5 rings (SSSR count). The van der Waals surface area contributed by atoms with Crippen molar-refractivity contribution in [3.63, 3.8) is 0 Å². The van der Waals surface area contributed by atoms with Crippen LogP contribution in [0.5, 0.6) is 0 Å². The highest BCUT2D eigenvalue weighted by atomic mass is 79.9. The van der Waals surface area contributed by atoms with Crippen molar-refractivity contribution in [2.24, 2.45) is 17.8 Å². The summed E-state index contributed by atoms with van der Waals surface area (Å²) in [5.74, 6) is -0.517. The molecule has 0 saturated heterocycles. The number of hydrogen-bond donors (Lipinski definition) is 1. The first-order chi connectivity index (χ1) is 12.5. The van der Waals surface area contributed by atoms with Crippen LogP contribution in [0.4, 0.5) is 10.2 Å². The van der Waals surface area contributed by atoms with E-state index in [1.165, 1.54) is 12.8 Å². The van der Waals surface area contributed by atoms with Crippen molar-refractivity contribution < 1.29 is 18.4 Å². The van der Waals surface area contributed by atoms with Gasteiger partial charge in [-0.1, -0.05) is 12.8 Å². The van der Waals surface area contributed by atoms with Crippen LogP contribution in [0.25, 0.3) is 11.5 Å². The Hall–Kier alpha value is -1.67. The predicted molar refractivity (Wildman–Crippen MR) is 95.7 cm³/mol. The number of nitrogens with one attached hydrogen (secondary N) is 1. The summed E-state index contributed by atoms with van der Waals surface area (Å²) in [5.41, 5.74) is 2.19. The number of fused-ring (bicyclic) bond motifs is 3. The molecule has 0 radical (unpaired) electrons. The van der Waals surface area contributed by atoms with Crippen molar-refractivity contribution in [2.75, 3.05) is 5.48 Å². The smallest absolute Gasteiger partial charge is 0.335 e. The second-order valence-electron chi connectivity index (χ2n) is 6.75. The van der Waals surface area contributed by atoms with E-state index in [-0.39, 0.29) is 34.4 Å². The molecule has 3 fully saturated rings. The molecule has 1 unspecified atom stereocenters. The van der Waals surface area contributed by atoms with Gasteiger partial charge < -0.3 is 9.25 Å². The van der Waals surface area contributed by atoms with Gasteiger partial charge >= 0.3 is 5.97 Å². The largest absolute Gasteiger partial charge is 0.448 e. The number of halogens is 3. The van der Waals surface area contributed by atoms with Gasteiger partial charge in [-0.05, 0) is 70.8 Å². The van der Waals surface area contributed by atoms with Gasteiger partial charge in [0, 0.05) is 0 Å². The van der Waals surface area contributed by atoms with Crippen molar-refractivity contribution in [1.29, 1.82) is 0 Å². The molecule has 2 aromatic heterocycles. The van der Waals surface area contributed by atoms with E-state index in [4.69, 9.17) is 20.9 Å². The van der Waals surface area contributed by atoms with E-state index >= 15 is 0 Å². The Balaban J connectivity index is 1.50. The standard InChI is InChI=1S/C17H16BrClFN3O3/c18-12-6-5-11(25-12)14-13(20)15(22-17(19)21-14)23-26-16(24)10-7-8-1-3-9(10)4-2-8/h5-6,8-10H,1-4,7H2,(H,21,22,23). The van der Waals surface area contributed by atoms with Gasteiger partial charge in [0.1, 0.15) is 5.69 Å². The normalized spacial score (nSPS) is 24.5. The summed E-state index contributed by atoms with van der Waals surface area (Å²) in [6.07, 6.45) is 5.30. The topological polar surface area (TPSA) is 77.2 Å². The van der Waals surface area contributed by atoms with Crippen molar-refractivity contribution in [2.45, 2.75) is 32.1 Å². The number of anilines is 1. The molecule has 0 aliphatic heterocycles. The van der Waals surface area contributed by atoms with Crippen LogP contribution < -0.4 is 5.48 Å². The van der Waals surface area contributed by atoms with E-state index in [1.807, 2.05) is 0 Å². The molecule has 3 saturated carbocycles. The van der Waals surface area contributed by atoms with Crippen LogP contribution in [0.1, 0.15) is 32.1 Å². The highest BCUT2D eigenvalue weighted by Crippen LogP contribution is 2.45. The van der Waals surface area contributed by atoms with Gasteiger partial charge in [-0.25, -0.2) is 14.2 Å². The van der Waals surface area contributed by atoms with E-state index in [1.54, 1.807) is 12.1 Å². The van der Waals surface area contributed by atoms with Crippen LogP contribution in [-0.4, -0.2) is 15.9 Å². The molecule has 138 valence electrons. The Morgan fingerprint density at radius 2 is 2.08 bits per heavy atom. The average Bonchev–Trinajstić information content (AvgIpc) is 3.09. The monoisotopic (exact) mass is 443 g/mol. The first-order valence-corrected chi connectivity index (χ1v) is 9.64. The van der Waals surface area contributed by atoms with Gasteiger partial charge in [0.25, 0.3) is 0 Å². The molecule has 9 heteroatoms. The van der Waals surface area contributed by atoms with Gasteiger partial charge in [0.05, 0.1) is 5.92 Å². The van der Waals surface area contributed by atoms with Gasteiger partial charge in [0.15, 0.2) is 16.2 Å². The zero-order valence-corrected chi connectivity index (χ0v) is 16.0. The summed E-state index contributed by atoms with van der Waals surface area (Å²) in [6.45, 7) is 0. The highest BCUT2D eigenvalue weighted by molar-refractivity contribution is 9.10. The minimum Gasteiger partial charge on any atom is -0.448 e. The predicted octanol–water partition coefficient (Wildman–Crippen LogP) is 4.99. The fourth-order valence-corrected chi connectivity index (χ4v) is 4.41. The summed E-state index contributed by atoms with van der Waals surface area (Å²) in [7, 11) is 0. The Kier molecular flexibility index (Phi) is 4.88. The van der Waals surface area contributed by atoms with Gasteiger partial charge in [-0.2, -0.15) is 10.5 Å². The quantitative estimate of drug-likeness (QED) is 0.529. The molecule has 2 heterocycles. The van der Waals surface area contributed by atoms with Crippen LogP contribution in [0.15, 0.2) is 21.2 Å². The fourth-order valence-electron chi connectivity index (χ4n) is 3.93. The zero-order valence-electron chi connectivity index (χ0n) is 13.7. The van der Waals surface area contributed by atoms with E-state index in [0.717, 1.165) is 19.3 Å². The highest BCUT2D eigenvalue weighted by Gasteiger charge is 2.40. The molecule has 1 N–H and O–H groups in total. The van der Waals surface area contributed by atoms with E-state index in [2.05, 4.69) is 31.4 Å². The molecule has 3 aliphatic carbocycles. The molecule has 0 spiro atoms. The van der Waals surface area contributed by atoms with E-state index in [9.17, 15) is 9.18 Å². The molecule has 26 heavy (non-hydrogen) atoms. The SMILES string of the molecule is O=C(ONc1nc(Cl)nc(-c2ccc(Br)o2)c1F)C1CC2CCC1CC2. The van der Waals surface area contributed by atoms with Crippen molar-refractivity contribution in [3.05, 3.63) is 27.9 Å². The van der Waals surface area contributed by atoms with E-state index in [0.29, 0.717) is 16.5 Å². The van der Waals surface area contributed by atoms with Crippen LogP contribution in [0.2, 0.25) is 5.28 Å². The Labute approximate surface area is 162 Å². The van der Waals surface area contributed by atoms with Gasteiger partial charge in [0.2, 0.25) is 11.1 Å². The molecule has 3 aliphatic rings. The van der Waals surface area contributed by atoms with Crippen LogP contribution in [-0.2, 0) is 9.63 Å². The lowest BCUT2D eigenvalue weighted by molar-refractivity contribution is -0.151. The summed E-state index contributed by atoms with van der Waals surface area (Å²) >= 11 is 9.02. The number of furan rings is 1. The minimum absolute atomic E-state index is 0.119. The first kappa shape index (κ1) is 17.7. The van der Waals surface area contributed by atoms with Crippen molar-refractivity contribution in [3.8, 4) is 11.5 Å². The third kappa shape index (κ3) is 3.44. The summed E-state index contributed by atoms with van der Waals surface area (Å²) in [5, 5.41) is -0.191. The lowest BCUT2D eigenvalue weighted by Crippen LogP contribution is -2.37.